The SMILES string of the molecule is O=C(/C=C/c1ccc([C@@H]2CCCCN2CCc2cnn3ccccc23)cc1)NO. The average Bonchev–Trinajstić information content (AvgIpc) is 3.20. The van der Waals surface area contributed by atoms with Gasteiger partial charge in [-0.25, -0.2) is 10.00 Å². The van der Waals surface area contributed by atoms with E-state index in [9.17, 15) is 4.79 Å². The maximum atomic E-state index is 11.1. The van der Waals surface area contributed by atoms with Crippen LogP contribution in [0.15, 0.2) is 60.9 Å². The van der Waals surface area contributed by atoms with Gasteiger partial charge in [0.05, 0.1) is 11.7 Å². The van der Waals surface area contributed by atoms with Gasteiger partial charge in [0.15, 0.2) is 0 Å². The summed E-state index contributed by atoms with van der Waals surface area (Å²) in [7, 11) is 0. The van der Waals surface area contributed by atoms with Gasteiger partial charge >= 0.3 is 0 Å². The van der Waals surface area contributed by atoms with Crippen LogP contribution < -0.4 is 5.48 Å². The van der Waals surface area contributed by atoms with Crippen LogP contribution in [-0.4, -0.2) is 38.7 Å². The number of nitrogens with one attached hydrogen (secondary N) is 1. The molecular weight excluding hydrogens is 364 g/mol. The first-order chi connectivity index (χ1) is 14.2. The quantitative estimate of drug-likeness (QED) is 0.383. The Labute approximate surface area is 170 Å². The Morgan fingerprint density at radius 3 is 2.90 bits per heavy atom. The summed E-state index contributed by atoms with van der Waals surface area (Å²) < 4.78 is 1.94. The van der Waals surface area contributed by atoms with Crippen LogP contribution in [0.25, 0.3) is 11.6 Å². The highest BCUT2D eigenvalue weighted by molar-refractivity contribution is 5.90. The highest BCUT2D eigenvalue weighted by Gasteiger charge is 2.23. The second-order valence-corrected chi connectivity index (χ2v) is 7.47. The Bertz CT molecular complexity index is 994. The second-order valence-electron chi connectivity index (χ2n) is 7.47. The molecule has 6 heteroatoms. The van der Waals surface area contributed by atoms with E-state index in [1.807, 2.05) is 35.1 Å². The molecule has 4 rings (SSSR count). The van der Waals surface area contributed by atoms with Crippen molar-refractivity contribution in [3.63, 3.8) is 0 Å². The van der Waals surface area contributed by atoms with Crippen LogP contribution in [0, 0.1) is 0 Å². The number of carbonyl (C=O) groups is 1. The molecule has 1 saturated heterocycles. The number of benzene rings is 1. The zero-order valence-corrected chi connectivity index (χ0v) is 16.4. The maximum absolute atomic E-state index is 11.1. The van der Waals surface area contributed by atoms with Crippen molar-refractivity contribution in [3.05, 3.63) is 77.6 Å². The molecule has 0 radical (unpaired) electrons. The summed E-state index contributed by atoms with van der Waals surface area (Å²) in [6, 6.07) is 14.9. The zero-order chi connectivity index (χ0) is 20.1. The number of carbonyl (C=O) groups excluding carboxylic acids is 1. The fraction of sp³-hybridized carbons (Fsp3) is 0.304. The Balaban J connectivity index is 1.44. The van der Waals surface area contributed by atoms with Gasteiger partial charge in [-0.2, -0.15) is 5.10 Å². The fourth-order valence-corrected chi connectivity index (χ4v) is 4.12. The van der Waals surface area contributed by atoms with E-state index in [1.54, 1.807) is 11.6 Å². The molecule has 1 fully saturated rings. The Morgan fingerprint density at radius 2 is 2.07 bits per heavy atom. The highest BCUT2D eigenvalue weighted by atomic mass is 16.5. The van der Waals surface area contributed by atoms with E-state index in [4.69, 9.17) is 5.21 Å². The van der Waals surface area contributed by atoms with Crippen LogP contribution in [0.1, 0.15) is 42.0 Å². The van der Waals surface area contributed by atoms with E-state index in [2.05, 4.69) is 34.3 Å². The number of hydrogen-bond acceptors (Lipinski definition) is 4. The number of amides is 1. The molecule has 1 amide bonds. The smallest absolute Gasteiger partial charge is 0.267 e. The van der Waals surface area contributed by atoms with Crippen LogP contribution in [-0.2, 0) is 11.2 Å². The van der Waals surface area contributed by atoms with Crippen LogP contribution in [0.4, 0.5) is 0 Å². The van der Waals surface area contributed by atoms with Crippen molar-refractivity contribution in [2.45, 2.75) is 31.7 Å². The van der Waals surface area contributed by atoms with Gasteiger partial charge in [-0.3, -0.25) is 14.9 Å². The van der Waals surface area contributed by atoms with E-state index in [0.29, 0.717) is 6.04 Å². The number of rotatable bonds is 6. The summed E-state index contributed by atoms with van der Waals surface area (Å²) in [6.45, 7) is 2.13. The Morgan fingerprint density at radius 1 is 1.21 bits per heavy atom. The minimum Gasteiger partial charge on any atom is -0.296 e. The van der Waals surface area contributed by atoms with E-state index in [0.717, 1.165) is 31.5 Å². The number of pyridine rings is 1. The number of nitrogens with zero attached hydrogens (tertiary/aromatic N) is 3. The molecule has 0 spiro atoms. The lowest BCUT2D eigenvalue weighted by molar-refractivity contribution is -0.124. The minimum atomic E-state index is -0.528. The summed E-state index contributed by atoms with van der Waals surface area (Å²) in [5.74, 6) is -0.528. The molecule has 150 valence electrons. The van der Waals surface area contributed by atoms with Crippen molar-refractivity contribution < 1.29 is 10.0 Å². The topological polar surface area (TPSA) is 69.9 Å². The first kappa shape index (κ1) is 19.4. The van der Waals surface area contributed by atoms with Crippen LogP contribution in [0.3, 0.4) is 0 Å². The van der Waals surface area contributed by atoms with Crippen LogP contribution in [0.2, 0.25) is 0 Å². The standard InChI is InChI=1S/C23H26N4O2/c28-23(25-29)12-9-18-7-10-19(11-8-18)21-5-1-3-14-26(21)16-13-20-17-24-27-15-4-2-6-22(20)27/h2,4,6-12,15,17,21,29H,1,3,5,13-14,16H2,(H,25,28)/b12-9+/t21-/m0/s1. The second kappa shape index (κ2) is 9.03. The maximum Gasteiger partial charge on any atom is 0.267 e. The van der Waals surface area contributed by atoms with E-state index in [1.165, 1.54) is 35.6 Å². The molecule has 2 N–H and O–H groups in total. The third-order valence-corrected chi connectivity index (χ3v) is 5.65. The van der Waals surface area contributed by atoms with Crippen molar-refractivity contribution in [2.24, 2.45) is 0 Å². The monoisotopic (exact) mass is 390 g/mol. The number of fused-ring (bicyclic) bond motifs is 1. The third-order valence-electron chi connectivity index (χ3n) is 5.65. The fourth-order valence-electron chi connectivity index (χ4n) is 4.12. The minimum absolute atomic E-state index is 0.421. The summed E-state index contributed by atoms with van der Waals surface area (Å²) in [5, 5.41) is 13.0. The lowest BCUT2D eigenvalue weighted by Gasteiger charge is -2.36. The van der Waals surface area contributed by atoms with Crippen LogP contribution >= 0.6 is 0 Å². The number of hydroxylamine groups is 1. The van der Waals surface area contributed by atoms with Gasteiger partial charge in [0.2, 0.25) is 0 Å². The number of likely N-dealkylation sites (tertiary alicyclic amines) is 1. The van der Waals surface area contributed by atoms with Gasteiger partial charge in [0, 0.05) is 24.9 Å². The molecule has 29 heavy (non-hydrogen) atoms. The molecule has 0 aliphatic carbocycles. The Kier molecular flexibility index (Phi) is 6.03. The molecule has 1 atom stereocenters. The molecule has 0 unspecified atom stereocenters. The van der Waals surface area contributed by atoms with Crippen molar-refractivity contribution in [1.29, 1.82) is 0 Å². The first-order valence-electron chi connectivity index (χ1n) is 10.1. The number of aromatic nitrogens is 2. The molecule has 1 aliphatic rings. The van der Waals surface area contributed by atoms with Gasteiger partial charge in [-0.1, -0.05) is 36.8 Å². The van der Waals surface area contributed by atoms with E-state index in [-0.39, 0.29) is 0 Å². The van der Waals surface area contributed by atoms with Gasteiger partial charge in [0.1, 0.15) is 0 Å². The molecule has 0 saturated carbocycles. The first-order valence-corrected chi connectivity index (χ1v) is 10.1. The van der Waals surface area contributed by atoms with Gasteiger partial charge in [-0.05, 0) is 60.7 Å². The number of piperidine rings is 1. The zero-order valence-electron chi connectivity index (χ0n) is 16.4. The molecular formula is C23H26N4O2. The van der Waals surface area contributed by atoms with Gasteiger partial charge < -0.3 is 0 Å². The molecule has 6 nitrogen and oxygen atoms in total. The molecule has 2 aromatic heterocycles. The molecule has 0 bridgehead atoms. The molecule has 1 aromatic carbocycles. The van der Waals surface area contributed by atoms with Crippen LogP contribution in [0.5, 0.6) is 0 Å². The normalized spacial score (nSPS) is 17.8. The van der Waals surface area contributed by atoms with E-state index >= 15 is 0 Å². The number of hydrogen-bond donors (Lipinski definition) is 2. The van der Waals surface area contributed by atoms with Gasteiger partial charge in [0.25, 0.3) is 5.91 Å². The van der Waals surface area contributed by atoms with Crippen molar-refractivity contribution >= 4 is 17.5 Å². The lowest BCUT2D eigenvalue weighted by Crippen LogP contribution is -2.35. The largest absolute Gasteiger partial charge is 0.296 e. The predicted molar refractivity (Wildman–Crippen MR) is 112 cm³/mol. The average molecular weight is 390 g/mol. The third kappa shape index (κ3) is 4.55. The van der Waals surface area contributed by atoms with Crippen molar-refractivity contribution in [3.8, 4) is 0 Å². The van der Waals surface area contributed by atoms with Gasteiger partial charge in [-0.15, -0.1) is 0 Å². The van der Waals surface area contributed by atoms with Crippen molar-refractivity contribution in [1.82, 2.24) is 20.0 Å². The molecule has 3 aromatic rings. The summed E-state index contributed by atoms with van der Waals surface area (Å²) in [5.41, 5.74) is 6.33. The molecule has 1 aliphatic heterocycles. The van der Waals surface area contributed by atoms with E-state index < -0.39 is 5.91 Å². The van der Waals surface area contributed by atoms with Crippen molar-refractivity contribution in [2.75, 3.05) is 13.1 Å². The summed E-state index contributed by atoms with van der Waals surface area (Å²) >= 11 is 0. The highest BCUT2D eigenvalue weighted by Crippen LogP contribution is 2.31. The lowest BCUT2D eigenvalue weighted by atomic mass is 9.94. The summed E-state index contributed by atoms with van der Waals surface area (Å²) in [4.78, 5) is 13.7. The predicted octanol–water partition coefficient (Wildman–Crippen LogP) is 3.62. The summed E-state index contributed by atoms with van der Waals surface area (Å²) in [6.07, 6.45) is 11.6. The Hall–Kier alpha value is -2.96. The molecule has 3 heterocycles.